The molecule has 2 aliphatic heterocycles. The first kappa shape index (κ1) is 24.9. The standard InChI is InChI=1S/C18H33ClN2O7S/c1-5-6-10-7-11(21(3,26)8-10)17(25)20-12(9(2)19)16-14(23)13(22)15(24)18(28-16)29(4)27/h9-16,18,22-24H,5-8H2,1-4H3,(H,20,25)/t9-,10+,11-,12+,13-,14+,15+,16+,18+,21?,29?/m0/s1. The number of ether oxygens (including phenoxy) is 1. The molecule has 0 aromatic carbocycles. The Balaban J connectivity index is 2.19. The van der Waals surface area contributed by atoms with Crippen LogP contribution in [0.15, 0.2) is 0 Å². The van der Waals surface area contributed by atoms with Crippen LogP contribution >= 0.6 is 11.6 Å². The fourth-order valence-electron chi connectivity index (χ4n) is 4.39. The highest BCUT2D eigenvalue weighted by Gasteiger charge is 2.50. The molecule has 0 aliphatic carbocycles. The first-order valence-corrected chi connectivity index (χ1v) is 12.0. The SMILES string of the molecule is CCC[C@@H]1C[C@@H](C(=O)N[C@@H]([C@H]2O[C@H](S(C)=O)[C@H](O)[C@@H](O)[C@H]2O)[C@H](C)Cl)[N+](C)([O-])C1. The number of hydrogen-bond donors (Lipinski definition) is 4. The highest BCUT2D eigenvalue weighted by atomic mass is 35.5. The van der Waals surface area contributed by atoms with E-state index >= 15 is 0 Å². The lowest BCUT2D eigenvalue weighted by Crippen LogP contribution is -2.66. The number of nitrogens with zero attached hydrogens (tertiary/aromatic N) is 1. The molecule has 1 amide bonds. The average Bonchev–Trinajstić information content (AvgIpc) is 2.92. The Kier molecular flexibility index (Phi) is 8.48. The molecule has 2 aliphatic rings. The maximum absolute atomic E-state index is 12.9. The molecule has 2 unspecified atom stereocenters. The molecule has 9 nitrogen and oxygen atoms in total. The number of carbonyl (C=O) groups excluding carboxylic acids is 1. The normalized spacial score (nSPS) is 43.6. The summed E-state index contributed by atoms with van der Waals surface area (Å²) in [4.78, 5) is 12.9. The minimum absolute atomic E-state index is 0.158. The van der Waals surface area contributed by atoms with Gasteiger partial charge in [-0.05, 0) is 13.3 Å². The number of carbonyl (C=O) groups is 1. The quantitative estimate of drug-likeness (QED) is 0.228. The first-order chi connectivity index (χ1) is 13.4. The Labute approximate surface area is 179 Å². The zero-order valence-corrected chi connectivity index (χ0v) is 18.8. The van der Waals surface area contributed by atoms with Gasteiger partial charge in [-0.25, -0.2) is 0 Å². The maximum atomic E-state index is 12.9. The van der Waals surface area contributed by atoms with Gasteiger partial charge in [0.1, 0.15) is 24.4 Å². The summed E-state index contributed by atoms with van der Waals surface area (Å²) >= 11 is 6.25. The number of aliphatic hydroxyl groups excluding tert-OH is 3. The Morgan fingerprint density at radius 1 is 1.34 bits per heavy atom. The highest BCUT2D eigenvalue weighted by Crippen LogP contribution is 2.32. The monoisotopic (exact) mass is 456 g/mol. The molecule has 11 atom stereocenters. The van der Waals surface area contributed by atoms with Gasteiger partial charge < -0.3 is 35.2 Å². The number of nitrogens with one attached hydrogen (secondary N) is 1. The lowest BCUT2D eigenvalue weighted by Gasteiger charge is -2.44. The van der Waals surface area contributed by atoms with Crippen molar-refractivity contribution in [3.8, 4) is 0 Å². The van der Waals surface area contributed by atoms with E-state index in [0.717, 1.165) is 12.8 Å². The van der Waals surface area contributed by atoms with Gasteiger partial charge in [0.05, 0.1) is 35.8 Å². The summed E-state index contributed by atoms with van der Waals surface area (Å²) in [6, 6.07) is -1.77. The van der Waals surface area contributed by atoms with E-state index in [4.69, 9.17) is 16.3 Å². The second kappa shape index (κ2) is 9.86. The fraction of sp³-hybridized carbons (Fsp3) is 0.944. The lowest BCUT2D eigenvalue weighted by molar-refractivity contribution is -0.865. The largest absolute Gasteiger partial charge is 0.632 e. The van der Waals surface area contributed by atoms with Crippen molar-refractivity contribution in [2.24, 2.45) is 5.92 Å². The van der Waals surface area contributed by atoms with Crippen molar-refractivity contribution < 1.29 is 33.7 Å². The number of hydroxylamine groups is 3. The van der Waals surface area contributed by atoms with E-state index < -0.39 is 68.7 Å². The van der Waals surface area contributed by atoms with Gasteiger partial charge in [-0.2, -0.15) is 0 Å². The van der Waals surface area contributed by atoms with E-state index in [1.807, 2.05) is 6.92 Å². The summed E-state index contributed by atoms with van der Waals surface area (Å²) in [7, 11) is -0.181. The van der Waals surface area contributed by atoms with Gasteiger partial charge in [0.25, 0.3) is 5.91 Å². The number of alkyl halides is 1. The van der Waals surface area contributed by atoms with Crippen LogP contribution in [0.5, 0.6) is 0 Å². The van der Waals surface area contributed by atoms with Crippen LogP contribution in [0, 0.1) is 11.1 Å². The zero-order valence-electron chi connectivity index (χ0n) is 17.2. The van der Waals surface area contributed by atoms with Crippen LogP contribution in [-0.2, 0) is 20.3 Å². The number of halogens is 1. The van der Waals surface area contributed by atoms with E-state index in [1.54, 1.807) is 6.92 Å². The van der Waals surface area contributed by atoms with Crippen molar-refractivity contribution in [3.63, 3.8) is 0 Å². The summed E-state index contributed by atoms with van der Waals surface area (Å²) in [6.45, 7) is 3.97. The number of rotatable bonds is 7. The maximum Gasteiger partial charge on any atom is 0.279 e. The molecular formula is C18H33ClN2O7S. The average molecular weight is 457 g/mol. The molecule has 2 fully saturated rings. The topological polar surface area (TPSA) is 139 Å². The third-order valence-electron chi connectivity index (χ3n) is 5.93. The van der Waals surface area contributed by atoms with E-state index in [2.05, 4.69) is 5.32 Å². The third-order valence-corrected chi connectivity index (χ3v) is 7.24. The fourth-order valence-corrected chi connectivity index (χ4v) is 5.43. The molecule has 0 radical (unpaired) electrons. The highest BCUT2D eigenvalue weighted by molar-refractivity contribution is 7.84. The minimum atomic E-state index is -1.65. The molecule has 2 saturated heterocycles. The molecule has 2 rings (SSSR count). The second-order valence-corrected chi connectivity index (χ2v) is 10.6. The molecule has 4 N–H and O–H groups in total. The van der Waals surface area contributed by atoms with Gasteiger partial charge in [-0.1, -0.05) is 13.3 Å². The zero-order chi connectivity index (χ0) is 22.1. The molecule has 0 aromatic rings. The predicted molar refractivity (Wildman–Crippen MR) is 109 cm³/mol. The van der Waals surface area contributed by atoms with E-state index in [-0.39, 0.29) is 5.92 Å². The van der Waals surface area contributed by atoms with Crippen LogP contribution in [0.4, 0.5) is 0 Å². The molecule has 0 saturated carbocycles. The second-order valence-electron chi connectivity index (χ2n) is 8.41. The van der Waals surface area contributed by atoms with Gasteiger partial charge in [-0.3, -0.25) is 9.00 Å². The van der Waals surface area contributed by atoms with E-state index in [1.165, 1.54) is 13.3 Å². The summed E-state index contributed by atoms with van der Waals surface area (Å²) in [6.07, 6.45) is -2.34. The Morgan fingerprint density at radius 3 is 2.48 bits per heavy atom. The van der Waals surface area contributed by atoms with Gasteiger partial charge in [0.15, 0.2) is 11.5 Å². The van der Waals surface area contributed by atoms with Crippen LogP contribution in [0.2, 0.25) is 0 Å². The Hall–Kier alpha value is -0.330. The van der Waals surface area contributed by atoms with Crippen molar-refractivity contribution in [1.29, 1.82) is 0 Å². The van der Waals surface area contributed by atoms with Crippen molar-refractivity contribution in [2.45, 2.75) is 80.4 Å². The predicted octanol–water partition coefficient (Wildman–Crippen LogP) is -0.582. The van der Waals surface area contributed by atoms with Crippen LogP contribution < -0.4 is 5.32 Å². The smallest absolute Gasteiger partial charge is 0.279 e. The van der Waals surface area contributed by atoms with Crippen LogP contribution in [0.3, 0.4) is 0 Å². The van der Waals surface area contributed by atoms with Crippen LogP contribution in [0.1, 0.15) is 33.1 Å². The van der Waals surface area contributed by atoms with E-state index in [0.29, 0.717) is 13.0 Å². The molecular weight excluding hydrogens is 424 g/mol. The minimum Gasteiger partial charge on any atom is -0.632 e. The number of amides is 1. The van der Waals surface area contributed by atoms with Gasteiger partial charge >= 0.3 is 0 Å². The van der Waals surface area contributed by atoms with Crippen LogP contribution in [0.25, 0.3) is 0 Å². The molecule has 29 heavy (non-hydrogen) atoms. The number of aliphatic hydroxyl groups is 3. The first-order valence-electron chi connectivity index (χ1n) is 9.93. The number of likely N-dealkylation sites (N-methyl/N-ethyl adjacent to an activating group) is 1. The van der Waals surface area contributed by atoms with Gasteiger partial charge in [-0.15, -0.1) is 11.6 Å². The van der Waals surface area contributed by atoms with Crippen molar-refractivity contribution in [3.05, 3.63) is 5.21 Å². The lowest BCUT2D eigenvalue weighted by atomic mass is 9.92. The molecule has 2 heterocycles. The van der Waals surface area contributed by atoms with Crippen molar-refractivity contribution in [2.75, 3.05) is 19.8 Å². The molecule has 0 spiro atoms. The Bertz CT molecular complexity index is 609. The summed E-state index contributed by atoms with van der Waals surface area (Å²) in [5.74, 6) is -0.338. The Morgan fingerprint density at radius 2 is 1.97 bits per heavy atom. The van der Waals surface area contributed by atoms with E-state index in [9.17, 15) is 29.5 Å². The van der Waals surface area contributed by atoms with Crippen molar-refractivity contribution >= 4 is 28.3 Å². The summed E-state index contributed by atoms with van der Waals surface area (Å²) in [5.41, 5.74) is -1.24. The van der Waals surface area contributed by atoms with Gasteiger partial charge in [0.2, 0.25) is 0 Å². The van der Waals surface area contributed by atoms with Crippen LogP contribution in [-0.4, -0.2) is 97.2 Å². The number of quaternary nitrogens is 1. The molecule has 0 aromatic heterocycles. The molecule has 170 valence electrons. The summed E-state index contributed by atoms with van der Waals surface area (Å²) in [5, 5.41) is 45.4. The summed E-state index contributed by atoms with van der Waals surface area (Å²) < 4.78 is 16.8. The molecule has 0 bridgehead atoms. The number of likely N-dealkylation sites (tertiary alicyclic amines) is 1. The van der Waals surface area contributed by atoms with Gasteiger partial charge in [0, 0.05) is 18.6 Å². The molecule has 11 heteroatoms. The third kappa shape index (κ3) is 5.48. The number of hydrogen-bond acceptors (Lipinski definition) is 7. The van der Waals surface area contributed by atoms with Crippen molar-refractivity contribution in [1.82, 2.24) is 5.32 Å².